The van der Waals surface area contributed by atoms with Crippen LogP contribution in [0.15, 0.2) is 22.7 Å². The summed E-state index contributed by atoms with van der Waals surface area (Å²) in [5.74, 6) is -0.844. The first-order valence-corrected chi connectivity index (χ1v) is 6.40. The molecule has 0 fully saturated rings. The van der Waals surface area contributed by atoms with Crippen LogP contribution >= 0.6 is 15.9 Å². The predicted molar refractivity (Wildman–Crippen MR) is 70.9 cm³/mol. The van der Waals surface area contributed by atoms with Crippen LogP contribution < -0.4 is 15.8 Å². The van der Waals surface area contributed by atoms with E-state index in [1.54, 1.807) is 13.8 Å². The zero-order valence-electron chi connectivity index (χ0n) is 10.8. The van der Waals surface area contributed by atoms with E-state index in [1.165, 1.54) is 18.2 Å². The van der Waals surface area contributed by atoms with Crippen LogP contribution in [0, 0.1) is 0 Å². The van der Waals surface area contributed by atoms with E-state index < -0.39 is 17.8 Å². The first-order valence-electron chi connectivity index (χ1n) is 5.60. The van der Waals surface area contributed by atoms with Crippen molar-refractivity contribution in [2.24, 2.45) is 5.73 Å². The summed E-state index contributed by atoms with van der Waals surface area (Å²) in [6, 6.07) is 4.15. The summed E-state index contributed by atoms with van der Waals surface area (Å²) >= 11 is 3.00. The minimum absolute atomic E-state index is 0.172. The van der Waals surface area contributed by atoms with Gasteiger partial charge in [-0.05, 0) is 47.5 Å². The van der Waals surface area contributed by atoms with E-state index in [4.69, 9.17) is 5.73 Å². The van der Waals surface area contributed by atoms with Gasteiger partial charge in [0.25, 0.3) is 0 Å². The molecule has 112 valence electrons. The predicted octanol–water partition coefficient (Wildman–Crippen LogP) is 2.70. The lowest BCUT2D eigenvalue weighted by Gasteiger charge is -2.22. The largest absolute Gasteiger partial charge is 0.573 e. The summed E-state index contributed by atoms with van der Waals surface area (Å²) in [6.07, 6.45) is -4.74. The fourth-order valence-electron chi connectivity index (χ4n) is 1.27. The van der Waals surface area contributed by atoms with Crippen molar-refractivity contribution in [1.29, 1.82) is 0 Å². The molecule has 0 aromatic heterocycles. The van der Waals surface area contributed by atoms with Crippen molar-refractivity contribution in [3.05, 3.63) is 28.2 Å². The Labute approximate surface area is 122 Å². The van der Waals surface area contributed by atoms with Gasteiger partial charge in [0, 0.05) is 6.54 Å². The number of carbonyl (C=O) groups excluding carboxylic acids is 1. The molecule has 4 nitrogen and oxygen atoms in total. The number of halogens is 4. The highest BCUT2D eigenvalue weighted by Gasteiger charge is 2.32. The molecule has 1 rings (SSSR count). The molecule has 0 aliphatic heterocycles. The Morgan fingerprint density at radius 3 is 2.45 bits per heavy atom. The van der Waals surface area contributed by atoms with Gasteiger partial charge in [0.1, 0.15) is 5.75 Å². The summed E-state index contributed by atoms with van der Waals surface area (Å²) < 4.78 is 40.3. The molecule has 0 aliphatic rings. The number of primary amides is 1. The molecule has 0 radical (unpaired) electrons. The molecule has 0 aliphatic carbocycles. The number of rotatable bonds is 5. The van der Waals surface area contributed by atoms with E-state index in [-0.39, 0.29) is 16.8 Å². The monoisotopic (exact) mass is 354 g/mol. The van der Waals surface area contributed by atoms with Crippen LogP contribution in [0.4, 0.5) is 13.2 Å². The Morgan fingerprint density at radius 2 is 2.00 bits per heavy atom. The summed E-state index contributed by atoms with van der Waals surface area (Å²) in [5.41, 5.74) is 4.97. The molecule has 0 saturated carbocycles. The van der Waals surface area contributed by atoms with Gasteiger partial charge < -0.3 is 10.5 Å². The molecule has 0 atom stereocenters. The Kier molecular flexibility index (Phi) is 5.04. The number of carbonyl (C=O) groups is 1. The van der Waals surface area contributed by atoms with Crippen molar-refractivity contribution in [3.8, 4) is 5.75 Å². The minimum atomic E-state index is -4.74. The van der Waals surface area contributed by atoms with Crippen molar-refractivity contribution in [2.75, 3.05) is 0 Å². The van der Waals surface area contributed by atoms with E-state index in [2.05, 4.69) is 26.0 Å². The first kappa shape index (κ1) is 16.8. The normalized spacial score (nSPS) is 12.3. The quantitative estimate of drug-likeness (QED) is 0.854. The highest BCUT2D eigenvalue weighted by Crippen LogP contribution is 2.31. The maximum Gasteiger partial charge on any atom is 0.573 e. The molecule has 8 heteroatoms. The van der Waals surface area contributed by atoms with Gasteiger partial charge in [0.2, 0.25) is 5.91 Å². The number of nitrogens with one attached hydrogen (secondary N) is 1. The zero-order chi connectivity index (χ0) is 15.6. The van der Waals surface area contributed by atoms with Crippen LogP contribution in [-0.4, -0.2) is 17.8 Å². The maximum absolute atomic E-state index is 12.1. The molecular formula is C12H14BrF3N2O2. The molecule has 0 heterocycles. The molecule has 3 N–H and O–H groups in total. The van der Waals surface area contributed by atoms with Gasteiger partial charge in [-0.15, -0.1) is 13.2 Å². The van der Waals surface area contributed by atoms with Crippen LogP contribution in [0.25, 0.3) is 0 Å². The first-order chi connectivity index (χ1) is 9.01. The lowest BCUT2D eigenvalue weighted by atomic mass is 10.0. The third kappa shape index (κ3) is 5.01. The van der Waals surface area contributed by atoms with E-state index in [9.17, 15) is 18.0 Å². The van der Waals surface area contributed by atoms with Gasteiger partial charge in [-0.2, -0.15) is 0 Å². The fraction of sp³-hybridized carbons (Fsp3) is 0.417. The van der Waals surface area contributed by atoms with Gasteiger partial charge in [0.15, 0.2) is 0 Å². The SMILES string of the molecule is CC(C)(NCc1ccc(OC(F)(F)F)c(Br)c1)C(N)=O. The van der Waals surface area contributed by atoms with Crippen molar-refractivity contribution in [2.45, 2.75) is 32.3 Å². The average Bonchev–Trinajstić information content (AvgIpc) is 2.28. The molecule has 1 amide bonds. The number of hydrogen-bond donors (Lipinski definition) is 2. The fourth-order valence-corrected chi connectivity index (χ4v) is 1.78. The number of hydrogen-bond acceptors (Lipinski definition) is 3. The van der Waals surface area contributed by atoms with Crippen LogP contribution in [0.5, 0.6) is 5.75 Å². The second-order valence-corrected chi connectivity index (χ2v) is 5.51. The third-order valence-electron chi connectivity index (χ3n) is 2.57. The standard InChI is InChI=1S/C12H14BrF3N2O2/c1-11(2,10(17)19)18-6-7-3-4-9(8(13)5-7)20-12(14,15)16/h3-5,18H,6H2,1-2H3,(H2,17,19). The molecule has 20 heavy (non-hydrogen) atoms. The molecule has 0 spiro atoms. The molecular weight excluding hydrogens is 341 g/mol. The van der Waals surface area contributed by atoms with Crippen LogP contribution in [0.1, 0.15) is 19.4 Å². The smallest absolute Gasteiger partial charge is 0.405 e. The topological polar surface area (TPSA) is 64.3 Å². The number of ether oxygens (including phenoxy) is 1. The van der Waals surface area contributed by atoms with Crippen molar-refractivity contribution in [3.63, 3.8) is 0 Å². The van der Waals surface area contributed by atoms with Crippen LogP contribution in [0.3, 0.4) is 0 Å². The minimum Gasteiger partial charge on any atom is -0.405 e. The van der Waals surface area contributed by atoms with Crippen molar-refractivity contribution in [1.82, 2.24) is 5.32 Å². The van der Waals surface area contributed by atoms with Crippen LogP contribution in [-0.2, 0) is 11.3 Å². The highest BCUT2D eigenvalue weighted by molar-refractivity contribution is 9.10. The number of amides is 1. The number of alkyl halides is 3. The maximum atomic E-state index is 12.1. The highest BCUT2D eigenvalue weighted by atomic mass is 79.9. The van der Waals surface area contributed by atoms with Gasteiger partial charge in [-0.3, -0.25) is 10.1 Å². The van der Waals surface area contributed by atoms with Gasteiger partial charge in [-0.1, -0.05) is 6.07 Å². The second kappa shape index (κ2) is 6.01. The Bertz CT molecular complexity index is 504. The molecule has 0 bridgehead atoms. The summed E-state index contributed by atoms with van der Waals surface area (Å²) in [4.78, 5) is 11.1. The number of benzene rings is 1. The summed E-state index contributed by atoms with van der Waals surface area (Å²) in [7, 11) is 0. The van der Waals surface area contributed by atoms with E-state index in [0.29, 0.717) is 5.56 Å². The zero-order valence-corrected chi connectivity index (χ0v) is 12.4. The lowest BCUT2D eigenvalue weighted by molar-refractivity contribution is -0.274. The van der Waals surface area contributed by atoms with E-state index in [1.807, 2.05) is 0 Å². The van der Waals surface area contributed by atoms with Crippen molar-refractivity contribution >= 4 is 21.8 Å². The summed E-state index contributed by atoms with van der Waals surface area (Å²) in [5, 5.41) is 2.91. The number of nitrogens with two attached hydrogens (primary N) is 1. The Morgan fingerprint density at radius 1 is 1.40 bits per heavy atom. The van der Waals surface area contributed by atoms with Crippen molar-refractivity contribution < 1.29 is 22.7 Å². The molecule has 1 aromatic rings. The third-order valence-corrected chi connectivity index (χ3v) is 3.19. The summed E-state index contributed by atoms with van der Waals surface area (Å²) in [6.45, 7) is 3.51. The Balaban J connectivity index is 2.76. The lowest BCUT2D eigenvalue weighted by Crippen LogP contribution is -2.50. The molecule has 1 aromatic carbocycles. The van der Waals surface area contributed by atoms with E-state index >= 15 is 0 Å². The van der Waals surface area contributed by atoms with Gasteiger partial charge in [-0.25, -0.2) is 0 Å². The average molecular weight is 355 g/mol. The van der Waals surface area contributed by atoms with Gasteiger partial charge in [0.05, 0.1) is 10.0 Å². The Hall–Kier alpha value is -1.28. The van der Waals surface area contributed by atoms with E-state index in [0.717, 1.165) is 0 Å². The van der Waals surface area contributed by atoms with Crippen LogP contribution in [0.2, 0.25) is 0 Å². The molecule has 0 saturated heterocycles. The second-order valence-electron chi connectivity index (χ2n) is 4.66. The van der Waals surface area contributed by atoms with Gasteiger partial charge >= 0.3 is 6.36 Å². The molecule has 0 unspecified atom stereocenters.